The molecule has 2 N–H and O–H groups in total. The van der Waals surface area contributed by atoms with Crippen molar-refractivity contribution in [3.05, 3.63) is 45.9 Å². The van der Waals surface area contributed by atoms with E-state index in [0.29, 0.717) is 81.4 Å². The van der Waals surface area contributed by atoms with Crippen molar-refractivity contribution in [2.24, 2.45) is 23.2 Å². The Hall–Kier alpha value is -4.65. The van der Waals surface area contributed by atoms with Crippen molar-refractivity contribution in [1.29, 1.82) is 0 Å². The summed E-state index contributed by atoms with van der Waals surface area (Å²) in [4.78, 5) is 50.9. The van der Waals surface area contributed by atoms with Gasteiger partial charge in [0.1, 0.15) is 24.3 Å². The third-order valence-electron chi connectivity index (χ3n) is 13.4. The van der Waals surface area contributed by atoms with Crippen molar-refractivity contribution in [2.75, 3.05) is 51.8 Å². The first kappa shape index (κ1) is 42.6. The highest BCUT2D eigenvalue weighted by Crippen LogP contribution is 2.45. The number of cyclic esters (lactones) is 1. The van der Waals surface area contributed by atoms with Crippen molar-refractivity contribution in [3.63, 3.8) is 0 Å². The monoisotopic (exact) mass is 877 g/mol. The van der Waals surface area contributed by atoms with Crippen molar-refractivity contribution in [3.8, 4) is 22.5 Å². The van der Waals surface area contributed by atoms with E-state index in [1.54, 1.807) is 19.1 Å². The molecule has 1 aromatic carbocycles. The molecule has 3 aromatic heterocycles. The Balaban J connectivity index is 1.21. The number of nitrogens with zero attached hydrogens (tertiary/aromatic N) is 7. The first-order valence-electron chi connectivity index (χ1n) is 21.5. The zero-order valence-corrected chi connectivity index (χ0v) is 36.7. The average Bonchev–Trinajstić information content (AvgIpc) is 3.66. The second-order valence-electron chi connectivity index (χ2n) is 18.8. The van der Waals surface area contributed by atoms with Crippen LogP contribution in [-0.2, 0) is 43.2 Å². The predicted octanol–water partition coefficient (Wildman–Crippen LogP) is 5.55. The number of likely N-dealkylation sites (N-methyl/N-ethyl adjacent to an activating group) is 1. The highest BCUT2D eigenvalue weighted by molar-refractivity contribution is 7.10. The van der Waals surface area contributed by atoms with Gasteiger partial charge in [0.25, 0.3) is 5.91 Å². The van der Waals surface area contributed by atoms with Crippen LogP contribution >= 0.6 is 11.3 Å². The first-order chi connectivity index (χ1) is 29.5. The van der Waals surface area contributed by atoms with E-state index >= 15 is 0 Å². The summed E-state index contributed by atoms with van der Waals surface area (Å²) < 4.78 is 57.8. The van der Waals surface area contributed by atoms with Gasteiger partial charge in [0.05, 0.1) is 29.1 Å². The number of aromatic nitrogens is 4. The van der Waals surface area contributed by atoms with Crippen LogP contribution in [0.4, 0.5) is 19.0 Å². The average molecular weight is 878 g/mol. The van der Waals surface area contributed by atoms with E-state index in [2.05, 4.69) is 30.7 Å². The van der Waals surface area contributed by atoms with Gasteiger partial charge >= 0.3 is 12.1 Å². The van der Waals surface area contributed by atoms with E-state index in [1.165, 1.54) is 28.0 Å². The van der Waals surface area contributed by atoms with Gasteiger partial charge in [0.15, 0.2) is 5.82 Å². The number of hydrogen-bond acceptors (Lipinski definition) is 12. The SMILES string of the molecule is CO[C@@H](C)c1nnc(N2CCN(C)CC2)cc1-c1c2c3cc(ccc3n1CC(F)(F)F)-c1csc(n1)C[C@H](NC(=O)C1C[C@@H]1C)C(=O)N1N[C@H](C(=O)OCC(C)(C)C2)C2CC1C2. The molecular formula is C44H54F3N9O5S. The molecule has 0 spiro atoms. The number of hydrazine groups is 1. The third kappa shape index (κ3) is 8.30. The number of esters is 1. The van der Waals surface area contributed by atoms with Gasteiger partial charge < -0.3 is 29.2 Å². The van der Waals surface area contributed by atoms with Crippen LogP contribution in [0.1, 0.15) is 69.3 Å². The predicted molar refractivity (Wildman–Crippen MR) is 227 cm³/mol. The summed E-state index contributed by atoms with van der Waals surface area (Å²) >= 11 is 1.35. The van der Waals surface area contributed by atoms with E-state index in [4.69, 9.17) is 14.5 Å². The summed E-state index contributed by atoms with van der Waals surface area (Å²) in [5.41, 5.74) is 5.90. The number of ether oxygens (including phenoxy) is 2. The summed E-state index contributed by atoms with van der Waals surface area (Å²) in [6.07, 6.45) is -2.86. The molecule has 2 saturated carbocycles. The number of thiazole rings is 1. The zero-order valence-electron chi connectivity index (χ0n) is 35.9. The van der Waals surface area contributed by atoms with Crippen molar-refractivity contribution < 1.29 is 37.0 Å². The van der Waals surface area contributed by atoms with Crippen LogP contribution in [-0.4, -0.2) is 119 Å². The van der Waals surface area contributed by atoms with Gasteiger partial charge in [-0.3, -0.25) is 19.4 Å². The number of rotatable bonds is 7. The van der Waals surface area contributed by atoms with Crippen LogP contribution in [0.25, 0.3) is 33.4 Å². The number of halogens is 3. The summed E-state index contributed by atoms with van der Waals surface area (Å²) in [6, 6.07) is 5.36. The molecule has 18 heteroatoms. The Morgan fingerprint density at radius 3 is 2.55 bits per heavy atom. The largest absolute Gasteiger partial charge is 0.464 e. The molecule has 5 fully saturated rings. The second-order valence-corrected chi connectivity index (χ2v) is 19.7. The van der Waals surface area contributed by atoms with Gasteiger partial charge in [0, 0.05) is 84.5 Å². The molecule has 14 nitrogen and oxygen atoms in total. The van der Waals surface area contributed by atoms with Crippen LogP contribution < -0.4 is 15.6 Å². The van der Waals surface area contributed by atoms with Gasteiger partial charge in [-0.15, -0.1) is 16.4 Å². The smallest absolute Gasteiger partial charge is 0.406 e. The summed E-state index contributed by atoms with van der Waals surface area (Å²) in [5, 5.41) is 16.9. The number of methoxy groups -OCH3 is 1. The van der Waals surface area contributed by atoms with Crippen molar-refractivity contribution >= 4 is 45.8 Å². The van der Waals surface area contributed by atoms with Crippen LogP contribution in [0, 0.1) is 23.2 Å². The topological polar surface area (TPSA) is 147 Å². The van der Waals surface area contributed by atoms with E-state index < -0.39 is 42.3 Å². The number of benzene rings is 1. The Kier molecular flexibility index (Phi) is 11.1. The van der Waals surface area contributed by atoms with Gasteiger partial charge in [0.2, 0.25) is 5.91 Å². The molecule has 5 atom stereocenters. The molecular weight excluding hydrogens is 824 g/mol. The van der Waals surface area contributed by atoms with Crippen molar-refractivity contribution in [2.45, 2.75) is 96.7 Å². The number of carbonyl (C=O) groups is 3. The Morgan fingerprint density at radius 2 is 1.85 bits per heavy atom. The van der Waals surface area contributed by atoms with E-state index in [9.17, 15) is 27.6 Å². The maximum absolute atomic E-state index is 14.9. The molecule has 332 valence electrons. The fourth-order valence-electron chi connectivity index (χ4n) is 9.49. The highest BCUT2D eigenvalue weighted by Gasteiger charge is 2.52. The van der Waals surface area contributed by atoms with Crippen LogP contribution in [0.3, 0.4) is 0 Å². The minimum atomic E-state index is -4.59. The molecule has 7 heterocycles. The number of alkyl halides is 3. The summed E-state index contributed by atoms with van der Waals surface area (Å²) in [7, 11) is 3.58. The molecule has 2 aliphatic carbocycles. The van der Waals surface area contributed by atoms with Crippen LogP contribution in [0.15, 0.2) is 29.6 Å². The number of piperazine rings is 1. The Morgan fingerprint density at radius 1 is 1.11 bits per heavy atom. The minimum Gasteiger partial charge on any atom is -0.464 e. The van der Waals surface area contributed by atoms with Gasteiger partial charge in [-0.25, -0.2) is 10.4 Å². The Labute approximate surface area is 362 Å². The maximum atomic E-state index is 14.9. The molecule has 3 saturated heterocycles. The number of hydrogen-bond donors (Lipinski definition) is 2. The lowest BCUT2D eigenvalue weighted by Crippen LogP contribution is -2.71. The minimum absolute atomic E-state index is 0.0348. The molecule has 2 amide bonds. The lowest BCUT2D eigenvalue weighted by Gasteiger charge is -2.53. The van der Waals surface area contributed by atoms with Crippen LogP contribution in [0.5, 0.6) is 0 Å². The van der Waals surface area contributed by atoms with E-state index in [0.717, 1.165) is 19.5 Å². The lowest BCUT2D eigenvalue weighted by atomic mass is 9.73. The fraction of sp³-hybridized carbons (Fsp3) is 0.591. The number of carbonyl (C=O) groups excluding carboxylic acids is 3. The Bertz CT molecular complexity index is 2390. The van der Waals surface area contributed by atoms with Gasteiger partial charge in [-0.1, -0.05) is 26.8 Å². The summed E-state index contributed by atoms with van der Waals surface area (Å²) in [5.74, 6) is -0.433. The molecule has 6 aliphatic rings. The zero-order chi connectivity index (χ0) is 43.8. The van der Waals surface area contributed by atoms with E-state index in [-0.39, 0.29) is 55.1 Å². The fourth-order valence-corrected chi connectivity index (χ4v) is 10.3. The quantitative estimate of drug-likeness (QED) is 0.226. The molecule has 10 rings (SSSR count). The van der Waals surface area contributed by atoms with E-state index in [1.807, 2.05) is 45.3 Å². The third-order valence-corrected chi connectivity index (χ3v) is 14.3. The summed E-state index contributed by atoms with van der Waals surface area (Å²) in [6.45, 7) is 9.29. The number of nitrogens with one attached hydrogen (secondary N) is 2. The number of amides is 2. The molecule has 62 heavy (non-hydrogen) atoms. The molecule has 0 radical (unpaired) electrons. The lowest BCUT2D eigenvalue weighted by molar-refractivity contribution is -0.171. The number of fused-ring (bicyclic) bond motifs is 4. The molecule has 4 aromatic rings. The molecule has 4 aliphatic heterocycles. The second kappa shape index (κ2) is 16.2. The maximum Gasteiger partial charge on any atom is 0.406 e. The van der Waals surface area contributed by atoms with Gasteiger partial charge in [-0.2, -0.15) is 18.3 Å². The first-order valence-corrected chi connectivity index (χ1v) is 22.4. The molecule has 8 bridgehead atoms. The standard InChI is InChI=1S/C44H54F3N9O5S/c1-23-13-28(23)40(57)49-32-18-36-48-33(20-62-36)25-7-8-34-29(16-25)31(19-43(3,4)22-61-42(59)38-26-14-27(15-26)56(52-38)41(32)58)39(55(34)21-44(45,46)47)30-17-35(50-51-37(30)24(2)60-6)54-11-9-53(5)10-12-54/h7-8,16-17,20,23-24,26-28,32,38,52H,9-15,18-19,21-22H2,1-6H3,(H,49,57)/t23-,24-,26?,27?,28?,32-,38-/m0/s1. The normalized spacial score (nSPS) is 27.0. The highest BCUT2D eigenvalue weighted by atomic mass is 32.1. The van der Waals surface area contributed by atoms with Gasteiger partial charge in [-0.05, 0) is 75.3 Å². The van der Waals surface area contributed by atoms with Crippen LogP contribution in [0.2, 0.25) is 0 Å². The van der Waals surface area contributed by atoms with Crippen molar-refractivity contribution in [1.82, 2.24) is 40.4 Å². The molecule has 1 unspecified atom stereocenters. The number of anilines is 1.